The van der Waals surface area contributed by atoms with Gasteiger partial charge in [0.2, 0.25) is 0 Å². The molecule has 238 valence electrons. The lowest BCUT2D eigenvalue weighted by molar-refractivity contribution is -0.316. The zero-order valence-corrected chi connectivity index (χ0v) is 26.9. The molecule has 4 saturated carbocycles. The molecule has 41 heavy (non-hydrogen) atoms. The molecule has 1 heterocycles. The molecule has 5 fully saturated rings. The highest BCUT2D eigenvalue weighted by atomic mass is 16.7. The van der Waals surface area contributed by atoms with E-state index in [1.165, 1.54) is 57.8 Å². The molecule has 0 aromatic heterocycles. The minimum atomic E-state index is -1.38. The Bertz CT molecular complexity index is 864. The Balaban J connectivity index is 1.20. The van der Waals surface area contributed by atoms with Gasteiger partial charge in [0.1, 0.15) is 24.4 Å². The fraction of sp³-hybridized carbons (Fsp3) is 1.00. The number of aliphatic hydroxyl groups is 4. The van der Waals surface area contributed by atoms with Gasteiger partial charge in [0.25, 0.3) is 0 Å². The van der Waals surface area contributed by atoms with Crippen molar-refractivity contribution in [2.75, 3.05) is 6.61 Å². The highest BCUT2D eigenvalue weighted by Gasteiger charge is 2.61. The van der Waals surface area contributed by atoms with Crippen molar-refractivity contribution in [3.05, 3.63) is 0 Å². The van der Waals surface area contributed by atoms with Crippen LogP contribution in [0.5, 0.6) is 0 Å². The van der Waals surface area contributed by atoms with E-state index >= 15 is 0 Å². The Hall–Kier alpha value is -0.240. The molecule has 6 nitrogen and oxygen atoms in total. The first-order valence-corrected chi connectivity index (χ1v) is 17.4. The van der Waals surface area contributed by atoms with Crippen LogP contribution in [0.4, 0.5) is 0 Å². The number of hydrogen-bond donors (Lipinski definition) is 4. The van der Waals surface area contributed by atoms with Crippen LogP contribution in [0.2, 0.25) is 0 Å². The second-order valence-electron chi connectivity index (χ2n) is 16.1. The molecule has 4 N–H and O–H groups in total. The quantitative estimate of drug-likeness (QED) is 0.253. The fourth-order valence-corrected chi connectivity index (χ4v) is 11.4. The van der Waals surface area contributed by atoms with Crippen LogP contribution in [-0.2, 0) is 9.47 Å². The standard InChI is InChI=1S/C35H62O6/c1-7-22(20(2)3)9-8-21(4)26-12-13-27-25-11-10-23-18-24(14-16-34(23,5)28(25)15-17-35(26,27)6)40-33-32(39)31(38)30(37)29(19-36)41-33/h20-33,36-39H,7-19H2,1-6H3/t21-,22-,23?,24?,25+,26-,27+,28+,29-,30+,31+,32-,33+,34+,35-/m1/s1. The van der Waals surface area contributed by atoms with Gasteiger partial charge < -0.3 is 29.9 Å². The van der Waals surface area contributed by atoms with Crippen LogP contribution >= 0.6 is 0 Å². The lowest BCUT2D eigenvalue weighted by Crippen LogP contribution is -2.60. The van der Waals surface area contributed by atoms with Crippen LogP contribution in [0.15, 0.2) is 0 Å². The van der Waals surface area contributed by atoms with Crippen molar-refractivity contribution in [1.82, 2.24) is 0 Å². The summed E-state index contributed by atoms with van der Waals surface area (Å²) >= 11 is 0. The highest BCUT2D eigenvalue weighted by Crippen LogP contribution is 2.68. The SMILES string of the molecule is CC[C@H](CC[C@@H](C)[C@H]1CC[C@H]2[C@@H]3CCC4CC(O[C@H]5O[C@H](CO)[C@H](O)[C@H](O)[C@H]5O)CC[C@]4(C)[C@H]3CC[C@]12C)C(C)C. The molecule has 0 bridgehead atoms. The summed E-state index contributed by atoms with van der Waals surface area (Å²) in [5.74, 6) is 6.51. The summed E-state index contributed by atoms with van der Waals surface area (Å²) in [6.45, 7) is 14.6. The predicted molar refractivity (Wildman–Crippen MR) is 161 cm³/mol. The smallest absolute Gasteiger partial charge is 0.186 e. The van der Waals surface area contributed by atoms with Crippen LogP contribution < -0.4 is 0 Å². The molecule has 6 heteroatoms. The third-order valence-corrected chi connectivity index (χ3v) is 14.0. The van der Waals surface area contributed by atoms with Crippen molar-refractivity contribution >= 4 is 0 Å². The van der Waals surface area contributed by atoms with Crippen molar-refractivity contribution in [3.8, 4) is 0 Å². The molecule has 1 aliphatic heterocycles. The average Bonchev–Trinajstić information content (AvgIpc) is 3.30. The van der Waals surface area contributed by atoms with Gasteiger partial charge in [-0.25, -0.2) is 0 Å². The lowest BCUT2D eigenvalue weighted by atomic mass is 9.44. The Morgan fingerprint density at radius 3 is 2.22 bits per heavy atom. The largest absolute Gasteiger partial charge is 0.394 e. The van der Waals surface area contributed by atoms with E-state index in [0.717, 1.165) is 60.7 Å². The topological polar surface area (TPSA) is 99.4 Å². The molecule has 1 saturated heterocycles. The van der Waals surface area contributed by atoms with E-state index < -0.39 is 37.3 Å². The number of fused-ring (bicyclic) bond motifs is 5. The first kappa shape index (κ1) is 32.2. The molecule has 5 rings (SSSR count). The van der Waals surface area contributed by atoms with Crippen molar-refractivity contribution in [1.29, 1.82) is 0 Å². The van der Waals surface area contributed by atoms with Gasteiger partial charge in [0.05, 0.1) is 12.7 Å². The normalized spacial score (nSPS) is 49.7. The zero-order valence-electron chi connectivity index (χ0n) is 26.9. The van der Waals surface area contributed by atoms with E-state index in [9.17, 15) is 20.4 Å². The van der Waals surface area contributed by atoms with E-state index in [4.69, 9.17) is 9.47 Å². The molecule has 0 radical (unpaired) electrons. The van der Waals surface area contributed by atoms with E-state index in [-0.39, 0.29) is 6.10 Å². The minimum Gasteiger partial charge on any atom is -0.394 e. The minimum absolute atomic E-state index is 0.0330. The van der Waals surface area contributed by atoms with Crippen LogP contribution in [0.25, 0.3) is 0 Å². The molecule has 0 spiro atoms. The van der Waals surface area contributed by atoms with E-state index in [1.54, 1.807) is 0 Å². The van der Waals surface area contributed by atoms with Crippen molar-refractivity contribution in [2.45, 2.75) is 155 Å². The Morgan fingerprint density at radius 1 is 0.829 bits per heavy atom. The first-order valence-electron chi connectivity index (χ1n) is 17.4. The van der Waals surface area contributed by atoms with Gasteiger partial charge in [-0.05, 0) is 122 Å². The van der Waals surface area contributed by atoms with E-state index in [2.05, 4.69) is 41.5 Å². The molecule has 0 aromatic rings. The third-order valence-electron chi connectivity index (χ3n) is 14.0. The molecular formula is C35H62O6. The van der Waals surface area contributed by atoms with E-state index in [1.807, 2.05) is 0 Å². The van der Waals surface area contributed by atoms with Crippen LogP contribution in [0.3, 0.4) is 0 Å². The second-order valence-corrected chi connectivity index (χ2v) is 16.1. The monoisotopic (exact) mass is 578 g/mol. The van der Waals surface area contributed by atoms with Crippen LogP contribution in [0, 0.1) is 58.2 Å². The summed E-state index contributed by atoms with van der Waals surface area (Å²) in [5, 5.41) is 40.4. The van der Waals surface area contributed by atoms with Gasteiger partial charge in [-0.15, -0.1) is 0 Å². The predicted octanol–water partition coefficient (Wildman–Crippen LogP) is 5.93. The number of aliphatic hydroxyl groups excluding tert-OH is 4. The summed E-state index contributed by atoms with van der Waals surface area (Å²) in [5.41, 5.74) is 0.849. The summed E-state index contributed by atoms with van der Waals surface area (Å²) < 4.78 is 11.9. The van der Waals surface area contributed by atoms with Gasteiger partial charge in [-0.1, -0.05) is 54.4 Å². The molecule has 4 aliphatic carbocycles. The molecule has 5 aliphatic rings. The maximum atomic E-state index is 10.5. The highest BCUT2D eigenvalue weighted by molar-refractivity contribution is 5.10. The molecular weight excluding hydrogens is 516 g/mol. The van der Waals surface area contributed by atoms with Gasteiger partial charge in [0.15, 0.2) is 6.29 Å². The fourth-order valence-electron chi connectivity index (χ4n) is 11.4. The summed E-state index contributed by atoms with van der Waals surface area (Å²) in [6, 6.07) is 0. The molecule has 0 aromatic carbocycles. The van der Waals surface area contributed by atoms with Gasteiger partial charge in [0, 0.05) is 0 Å². The maximum absolute atomic E-state index is 10.5. The summed E-state index contributed by atoms with van der Waals surface area (Å²) in [7, 11) is 0. The maximum Gasteiger partial charge on any atom is 0.186 e. The van der Waals surface area contributed by atoms with Crippen LogP contribution in [0.1, 0.15) is 119 Å². The van der Waals surface area contributed by atoms with Crippen molar-refractivity contribution in [3.63, 3.8) is 0 Å². The Kier molecular flexibility index (Phi) is 9.91. The average molecular weight is 579 g/mol. The zero-order chi connectivity index (χ0) is 29.7. The first-order chi connectivity index (χ1) is 19.4. The van der Waals surface area contributed by atoms with Gasteiger partial charge >= 0.3 is 0 Å². The number of rotatable bonds is 9. The molecule has 0 amide bonds. The number of ether oxygens (including phenoxy) is 2. The molecule has 2 unspecified atom stereocenters. The molecule has 15 atom stereocenters. The summed E-state index contributed by atoms with van der Waals surface area (Å²) in [6.07, 6.45) is 9.34. The third kappa shape index (κ3) is 5.81. The van der Waals surface area contributed by atoms with Crippen molar-refractivity contribution in [2.24, 2.45) is 58.2 Å². The number of hydrogen-bond acceptors (Lipinski definition) is 6. The Labute approximate surface area is 250 Å². The van der Waals surface area contributed by atoms with Gasteiger partial charge in [-0.3, -0.25) is 0 Å². The second kappa shape index (κ2) is 12.6. The lowest BCUT2D eigenvalue weighted by Gasteiger charge is -2.61. The van der Waals surface area contributed by atoms with E-state index in [0.29, 0.717) is 16.7 Å². The van der Waals surface area contributed by atoms with Crippen molar-refractivity contribution < 1.29 is 29.9 Å². The Morgan fingerprint density at radius 2 is 1.54 bits per heavy atom. The van der Waals surface area contributed by atoms with Crippen LogP contribution in [-0.4, -0.2) is 63.8 Å². The summed E-state index contributed by atoms with van der Waals surface area (Å²) in [4.78, 5) is 0. The van der Waals surface area contributed by atoms with Gasteiger partial charge in [-0.2, -0.15) is 0 Å².